The molecule has 0 bridgehead atoms. The van der Waals surface area contributed by atoms with Gasteiger partial charge in [-0.15, -0.1) is 0 Å². The molecule has 2 unspecified atom stereocenters. The highest BCUT2D eigenvalue weighted by Crippen LogP contribution is 2.48. The minimum absolute atomic E-state index is 0.241. The van der Waals surface area contributed by atoms with E-state index in [0.29, 0.717) is 6.04 Å². The molecule has 2 atom stereocenters. The molecule has 1 aromatic rings. The van der Waals surface area contributed by atoms with Gasteiger partial charge in [-0.25, -0.2) is 0 Å². The Morgan fingerprint density at radius 2 is 2.20 bits per heavy atom. The summed E-state index contributed by atoms with van der Waals surface area (Å²) in [6, 6.07) is 6.97. The summed E-state index contributed by atoms with van der Waals surface area (Å²) in [5.74, 6) is 0. The first-order valence-electron chi connectivity index (χ1n) is 5.62. The molecule has 2 N–H and O–H groups in total. The van der Waals surface area contributed by atoms with Gasteiger partial charge in [-0.2, -0.15) is 0 Å². The molecule has 0 amide bonds. The lowest BCUT2D eigenvalue weighted by Crippen LogP contribution is -2.16. The van der Waals surface area contributed by atoms with Crippen molar-refractivity contribution in [2.75, 3.05) is 0 Å². The zero-order chi connectivity index (χ0) is 11.1. The van der Waals surface area contributed by atoms with Crippen LogP contribution < -0.4 is 5.73 Å². The van der Waals surface area contributed by atoms with Crippen LogP contribution in [0, 0.1) is 0 Å². The maximum Gasteiger partial charge on any atom is 0.0178 e. The van der Waals surface area contributed by atoms with Crippen LogP contribution in [0.5, 0.6) is 0 Å². The zero-order valence-electron chi connectivity index (χ0n) is 9.39. The summed E-state index contributed by atoms with van der Waals surface area (Å²) in [7, 11) is 0. The second-order valence-corrected chi connectivity index (χ2v) is 5.70. The van der Waals surface area contributed by atoms with E-state index < -0.39 is 0 Å². The molecule has 2 rings (SSSR count). The fourth-order valence-corrected chi connectivity index (χ4v) is 2.71. The highest BCUT2D eigenvalue weighted by Gasteiger charge is 2.49. The van der Waals surface area contributed by atoms with E-state index in [1.54, 1.807) is 0 Å². The van der Waals surface area contributed by atoms with Gasteiger partial charge in [-0.3, -0.25) is 0 Å². The summed E-state index contributed by atoms with van der Waals surface area (Å²) >= 11 is 3.54. The topological polar surface area (TPSA) is 26.0 Å². The SMILES string of the molecule is CCCc1cc(Br)ccc1C1(C)CC1N. The third-order valence-electron chi connectivity index (χ3n) is 3.50. The van der Waals surface area contributed by atoms with E-state index in [0.717, 1.165) is 12.8 Å². The molecule has 15 heavy (non-hydrogen) atoms. The van der Waals surface area contributed by atoms with Crippen molar-refractivity contribution in [2.24, 2.45) is 5.73 Å². The number of nitrogens with two attached hydrogens (primary N) is 1. The number of benzene rings is 1. The van der Waals surface area contributed by atoms with E-state index in [2.05, 4.69) is 48.0 Å². The predicted molar refractivity (Wildman–Crippen MR) is 68.1 cm³/mol. The van der Waals surface area contributed by atoms with Crippen molar-refractivity contribution >= 4 is 15.9 Å². The average Bonchev–Trinajstić information content (AvgIpc) is 2.76. The largest absolute Gasteiger partial charge is 0.327 e. The molecule has 1 aliphatic rings. The van der Waals surface area contributed by atoms with Gasteiger partial charge in [0.05, 0.1) is 0 Å². The Balaban J connectivity index is 2.38. The van der Waals surface area contributed by atoms with E-state index >= 15 is 0 Å². The summed E-state index contributed by atoms with van der Waals surface area (Å²) in [6.45, 7) is 4.50. The van der Waals surface area contributed by atoms with E-state index in [-0.39, 0.29) is 5.41 Å². The van der Waals surface area contributed by atoms with Crippen LogP contribution in [0.2, 0.25) is 0 Å². The lowest BCUT2D eigenvalue weighted by molar-refractivity contribution is 0.722. The summed E-state index contributed by atoms with van der Waals surface area (Å²) in [5, 5.41) is 0. The molecule has 0 spiro atoms. The van der Waals surface area contributed by atoms with E-state index in [4.69, 9.17) is 5.73 Å². The minimum atomic E-state index is 0.241. The number of hydrogen-bond acceptors (Lipinski definition) is 1. The molecule has 0 aromatic heterocycles. The lowest BCUT2D eigenvalue weighted by atomic mass is 9.90. The Morgan fingerprint density at radius 3 is 2.73 bits per heavy atom. The molecule has 1 fully saturated rings. The van der Waals surface area contributed by atoms with E-state index in [1.807, 2.05) is 0 Å². The Kier molecular flexibility index (Phi) is 2.91. The lowest BCUT2D eigenvalue weighted by Gasteiger charge is -2.16. The first-order valence-corrected chi connectivity index (χ1v) is 6.41. The van der Waals surface area contributed by atoms with Crippen molar-refractivity contribution in [3.63, 3.8) is 0 Å². The molecule has 0 heterocycles. The van der Waals surface area contributed by atoms with E-state index in [1.165, 1.54) is 22.0 Å². The first-order chi connectivity index (χ1) is 7.08. The smallest absolute Gasteiger partial charge is 0.0178 e. The van der Waals surface area contributed by atoms with Gasteiger partial charge in [0.1, 0.15) is 0 Å². The fraction of sp³-hybridized carbons (Fsp3) is 0.538. The normalized spacial score (nSPS) is 29.2. The van der Waals surface area contributed by atoms with Gasteiger partial charge in [0.25, 0.3) is 0 Å². The van der Waals surface area contributed by atoms with Gasteiger partial charge in [0.15, 0.2) is 0 Å². The second-order valence-electron chi connectivity index (χ2n) is 4.78. The quantitative estimate of drug-likeness (QED) is 0.893. The molecule has 1 saturated carbocycles. The van der Waals surface area contributed by atoms with Crippen LogP contribution in [0.15, 0.2) is 22.7 Å². The molecule has 0 aliphatic heterocycles. The maximum atomic E-state index is 6.02. The summed E-state index contributed by atoms with van der Waals surface area (Å²) in [5.41, 5.74) is 9.18. The van der Waals surface area contributed by atoms with Crippen molar-refractivity contribution in [2.45, 2.75) is 44.6 Å². The highest BCUT2D eigenvalue weighted by atomic mass is 79.9. The predicted octanol–water partition coefficient (Wildman–Crippen LogP) is 3.39. The molecule has 1 aliphatic carbocycles. The second kappa shape index (κ2) is 3.91. The van der Waals surface area contributed by atoms with Crippen LogP contribution in [0.3, 0.4) is 0 Å². The Morgan fingerprint density at radius 1 is 1.53 bits per heavy atom. The molecular formula is C13H18BrN. The molecule has 82 valence electrons. The highest BCUT2D eigenvalue weighted by molar-refractivity contribution is 9.10. The Hall–Kier alpha value is -0.340. The van der Waals surface area contributed by atoms with Crippen LogP contribution in [0.4, 0.5) is 0 Å². The van der Waals surface area contributed by atoms with Crippen molar-refractivity contribution in [1.29, 1.82) is 0 Å². The first kappa shape index (κ1) is 11.2. The molecule has 1 nitrogen and oxygen atoms in total. The molecule has 0 saturated heterocycles. The number of hydrogen-bond donors (Lipinski definition) is 1. The molecule has 1 aromatic carbocycles. The van der Waals surface area contributed by atoms with Gasteiger partial charge in [0, 0.05) is 15.9 Å². The molecule has 0 radical (unpaired) electrons. The van der Waals surface area contributed by atoms with E-state index in [9.17, 15) is 0 Å². The van der Waals surface area contributed by atoms with Gasteiger partial charge in [0.2, 0.25) is 0 Å². The number of aryl methyl sites for hydroxylation is 1. The van der Waals surface area contributed by atoms with Crippen LogP contribution in [0.1, 0.15) is 37.8 Å². The summed E-state index contributed by atoms with van der Waals surface area (Å²) in [4.78, 5) is 0. The van der Waals surface area contributed by atoms with Crippen molar-refractivity contribution in [1.82, 2.24) is 0 Å². The van der Waals surface area contributed by atoms with Crippen molar-refractivity contribution < 1.29 is 0 Å². The Labute approximate surface area is 100 Å². The van der Waals surface area contributed by atoms with Crippen molar-refractivity contribution in [3.05, 3.63) is 33.8 Å². The number of rotatable bonds is 3. The van der Waals surface area contributed by atoms with Crippen LogP contribution >= 0.6 is 15.9 Å². The van der Waals surface area contributed by atoms with Gasteiger partial charge in [-0.05, 0) is 36.1 Å². The maximum absolute atomic E-state index is 6.02. The summed E-state index contributed by atoms with van der Waals surface area (Å²) in [6.07, 6.45) is 3.47. The van der Waals surface area contributed by atoms with Crippen molar-refractivity contribution in [3.8, 4) is 0 Å². The van der Waals surface area contributed by atoms with Crippen LogP contribution in [0.25, 0.3) is 0 Å². The summed E-state index contributed by atoms with van der Waals surface area (Å²) < 4.78 is 1.17. The third kappa shape index (κ3) is 1.98. The molecule has 2 heteroatoms. The molecular weight excluding hydrogens is 250 g/mol. The Bertz CT molecular complexity index is 375. The fourth-order valence-electron chi connectivity index (χ4n) is 2.30. The van der Waals surface area contributed by atoms with Crippen LogP contribution in [-0.2, 0) is 11.8 Å². The third-order valence-corrected chi connectivity index (χ3v) is 4.00. The minimum Gasteiger partial charge on any atom is -0.327 e. The van der Waals surface area contributed by atoms with Gasteiger partial charge in [-0.1, -0.05) is 42.3 Å². The average molecular weight is 268 g/mol. The number of halogens is 1. The monoisotopic (exact) mass is 267 g/mol. The van der Waals surface area contributed by atoms with Gasteiger partial charge < -0.3 is 5.73 Å². The standard InChI is InChI=1S/C13H18BrN/c1-3-4-9-7-10(14)5-6-11(9)13(2)8-12(13)15/h5-7,12H,3-4,8,15H2,1-2H3. The zero-order valence-corrected chi connectivity index (χ0v) is 11.0. The van der Waals surface area contributed by atoms with Gasteiger partial charge >= 0.3 is 0 Å². The van der Waals surface area contributed by atoms with Crippen LogP contribution in [-0.4, -0.2) is 6.04 Å².